The van der Waals surface area contributed by atoms with Crippen LogP contribution in [0.4, 0.5) is 14.5 Å². The Hall–Kier alpha value is -1.77. The second-order valence-corrected chi connectivity index (χ2v) is 4.57. The summed E-state index contributed by atoms with van der Waals surface area (Å²) in [4.78, 5) is 22.3. The molecule has 0 saturated heterocycles. The highest BCUT2D eigenvalue weighted by Crippen LogP contribution is 2.23. The molecule has 0 heterocycles. The molecule has 9 heteroatoms. The molecule has 1 aromatic rings. The SMILES string of the molecule is O=C(CNCC(F)(F)CO)Nc1cc(C(=O)O)ccc1Cl. The summed E-state index contributed by atoms with van der Waals surface area (Å²) in [5, 5.41) is 21.8. The highest BCUT2D eigenvalue weighted by atomic mass is 35.5. The van der Waals surface area contributed by atoms with E-state index >= 15 is 0 Å². The standard InChI is InChI=1S/C12H13ClF2N2O4/c13-8-2-1-7(11(20)21)3-9(8)17-10(19)4-16-5-12(14,15)6-18/h1-3,16,18H,4-6H2,(H,17,19)(H,20,21). The van der Waals surface area contributed by atoms with E-state index in [1.165, 1.54) is 12.1 Å². The van der Waals surface area contributed by atoms with Crippen molar-refractivity contribution in [2.24, 2.45) is 0 Å². The summed E-state index contributed by atoms with van der Waals surface area (Å²) in [6, 6.07) is 3.72. The van der Waals surface area contributed by atoms with Gasteiger partial charge in [0, 0.05) is 0 Å². The fourth-order valence-corrected chi connectivity index (χ4v) is 1.53. The zero-order valence-corrected chi connectivity index (χ0v) is 11.5. The molecule has 1 amide bonds. The van der Waals surface area contributed by atoms with E-state index in [0.717, 1.165) is 6.07 Å². The number of hydrogen-bond donors (Lipinski definition) is 4. The molecule has 4 N–H and O–H groups in total. The van der Waals surface area contributed by atoms with Crippen LogP contribution >= 0.6 is 11.6 Å². The smallest absolute Gasteiger partial charge is 0.335 e. The van der Waals surface area contributed by atoms with Gasteiger partial charge >= 0.3 is 5.97 Å². The number of halogens is 3. The van der Waals surface area contributed by atoms with Gasteiger partial charge in [0.05, 0.1) is 29.4 Å². The Balaban J connectivity index is 2.59. The van der Waals surface area contributed by atoms with E-state index in [1.54, 1.807) is 0 Å². The van der Waals surface area contributed by atoms with Gasteiger partial charge < -0.3 is 20.8 Å². The largest absolute Gasteiger partial charge is 0.478 e. The van der Waals surface area contributed by atoms with Gasteiger partial charge in [-0.15, -0.1) is 0 Å². The average molecular weight is 323 g/mol. The van der Waals surface area contributed by atoms with Crippen molar-refractivity contribution >= 4 is 29.2 Å². The summed E-state index contributed by atoms with van der Waals surface area (Å²) in [6.45, 7) is -2.63. The number of nitrogens with one attached hydrogen (secondary N) is 2. The number of alkyl halides is 2. The van der Waals surface area contributed by atoms with E-state index < -0.39 is 37.5 Å². The summed E-state index contributed by atoms with van der Waals surface area (Å²) in [7, 11) is 0. The third-order valence-corrected chi connectivity index (χ3v) is 2.72. The zero-order valence-electron chi connectivity index (χ0n) is 10.7. The molecular weight excluding hydrogens is 310 g/mol. The van der Waals surface area contributed by atoms with Crippen LogP contribution in [0.25, 0.3) is 0 Å². The van der Waals surface area contributed by atoms with Crippen LogP contribution < -0.4 is 10.6 Å². The molecule has 21 heavy (non-hydrogen) atoms. The molecule has 0 bridgehead atoms. The summed E-state index contributed by atoms with van der Waals surface area (Å²) in [5.74, 6) is -5.18. The van der Waals surface area contributed by atoms with Gasteiger partial charge in [0.25, 0.3) is 5.92 Å². The number of anilines is 1. The summed E-state index contributed by atoms with van der Waals surface area (Å²) in [5.41, 5.74) is -0.00763. The maximum absolute atomic E-state index is 12.7. The predicted molar refractivity (Wildman–Crippen MR) is 71.9 cm³/mol. The van der Waals surface area contributed by atoms with E-state index in [-0.39, 0.29) is 16.3 Å². The van der Waals surface area contributed by atoms with E-state index in [4.69, 9.17) is 21.8 Å². The van der Waals surface area contributed by atoms with Gasteiger partial charge in [0.1, 0.15) is 6.61 Å². The summed E-state index contributed by atoms with van der Waals surface area (Å²) in [6.07, 6.45) is 0. The van der Waals surface area contributed by atoms with Gasteiger partial charge in [-0.3, -0.25) is 4.79 Å². The van der Waals surface area contributed by atoms with Gasteiger partial charge in [-0.05, 0) is 18.2 Å². The molecule has 0 fully saturated rings. The second kappa shape index (κ2) is 7.30. The number of rotatable bonds is 7. The molecule has 6 nitrogen and oxygen atoms in total. The Morgan fingerprint density at radius 1 is 1.33 bits per heavy atom. The van der Waals surface area contributed by atoms with Crippen molar-refractivity contribution in [2.75, 3.05) is 25.0 Å². The molecule has 1 aromatic carbocycles. The number of benzene rings is 1. The highest BCUT2D eigenvalue weighted by molar-refractivity contribution is 6.33. The minimum atomic E-state index is -3.32. The fraction of sp³-hybridized carbons (Fsp3) is 0.333. The second-order valence-electron chi connectivity index (χ2n) is 4.17. The maximum atomic E-state index is 12.7. The van der Waals surface area contributed by atoms with Crippen LogP contribution in [0.1, 0.15) is 10.4 Å². The van der Waals surface area contributed by atoms with Crippen LogP contribution in [-0.2, 0) is 4.79 Å². The third kappa shape index (κ3) is 5.62. The number of aliphatic hydroxyl groups excluding tert-OH is 1. The first-order valence-corrected chi connectivity index (χ1v) is 6.15. The van der Waals surface area contributed by atoms with Crippen molar-refractivity contribution in [3.63, 3.8) is 0 Å². The van der Waals surface area contributed by atoms with E-state index in [2.05, 4.69) is 10.6 Å². The number of carbonyl (C=O) groups excluding carboxylic acids is 1. The Bertz CT molecular complexity index is 540. The first-order valence-electron chi connectivity index (χ1n) is 5.77. The van der Waals surface area contributed by atoms with E-state index in [0.29, 0.717) is 0 Å². The van der Waals surface area contributed by atoms with Crippen LogP contribution in [0.15, 0.2) is 18.2 Å². The summed E-state index contributed by atoms with van der Waals surface area (Å²) >= 11 is 5.79. The van der Waals surface area contributed by atoms with E-state index in [1.807, 2.05) is 0 Å². The van der Waals surface area contributed by atoms with Crippen molar-refractivity contribution < 1.29 is 28.6 Å². The molecule has 116 valence electrons. The van der Waals surface area contributed by atoms with Crippen LogP contribution in [-0.4, -0.2) is 47.7 Å². The average Bonchev–Trinajstić information content (AvgIpc) is 2.40. The monoisotopic (exact) mass is 322 g/mol. The minimum Gasteiger partial charge on any atom is -0.478 e. The summed E-state index contributed by atoms with van der Waals surface area (Å²) < 4.78 is 25.4. The first kappa shape index (κ1) is 17.3. The molecule has 0 aromatic heterocycles. The lowest BCUT2D eigenvalue weighted by atomic mass is 10.2. The van der Waals surface area contributed by atoms with Gasteiger partial charge in [0.15, 0.2) is 0 Å². The molecular formula is C12H13ClF2N2O4. The zero-order chi connectivity index (χ0) is 16.0. The van der Waals surface area contributed by atoms with E-state index in [9.17, 15) is 18.4 Å². The minimum absolute atomic E-state index is 0.0669. The van der Waals surface area contributed by atoms with Crippen molar-refractivity contribution in [3.8, 4) is 0 Å². The number of hydrogen-bond acceptors (Lipinski definition) is 4. The van der Waals surface area contributed by atoms with Crippen LogP contribution in [0.3, 0.4) is 0 Å². The Morgan fingerprint density at radius 3 is 2.57 bits per heavy atom. The molecule has 0 unspecified atom stereocenters. The quantitative estimate of drug-likeness (QED) is 0.604. The molecule has 0 aliphatic carbocycles. The molecule has 0 spiro atoms. The number of aliphatic hydroxyl groups is 1. The molecule has 0 aliphatic rings. The highest BCUT2D eigenvalue weighted by Gasteiger charge is 2.27. The van der Waals surface area contributed by atoms with Crippen LogP contribution in [0.2, 0.25) is 5.02 Å². The Labute approximate surface area is 123 Å². The number of aromatic carboxylic acids is 1. The van der Waals surface area contributed by atoms with Crippen LogP contribution in [0, 0.1) is 0 Å². The fourth-order valence-electron chi connectivity index (χ4n) is 1.36. The number of carboxylic acid groups (broad SMARTS) is 1. The topological polar surface area (TPSA) is 98.7 Å². The maximum Gasteiger partial charge on any atom is 0.335 e. The first-order chi connectivity index (χ1) is 9.75. The molecule has 0 saturated carbocycles. The van der Waals surface area contributed by atoms with Gasteiger partial charge in [0.2, 0.25) is 5.91 Å². The third-order valence-electron chi connectivity index (χ3n) is 2.39. The molecule has 1 rings (SSSR count). The van der Waals surface area contributed by atoms with Crippen molar-refractivity contribution in [2.45, 2.75) is 5.92 Å². The Kier molecular flexibility index (Phi) is 6.01. The molecule has 0 aliphatic heterocycles. The number of carboxylic acids is 1. The van der Waals surface area contributed by atoms with Gasteiger partial charge in [-0.1, -0.05) is 11.6 Å². The lowest BCUT2D eigenvalue weighted by Gasteiger charge is -2.14. The normalized spacial score (nSPS) is 11.2. The van der Waals surface area contributed by atoms with Crippen molar-refractivity contribution in [3.05, 3.63) is 28.8 Å². The number of carbonyl (C=O) groups is 2. The molecule has 0 radical (unpaired) electrons. The van der Waals surface area contributed by atoms with Gasteiger partial charge in [-0.25, -0.2) is 13.6 Å². The predicted octanol–water partition coefficient (Wildman–Crippen LogP) is 1.19. The lowest BCUT2D eigenvalue weighted by Crippen LogP contribution is -2.39. The van der Waals surface area contributed by atoms with Crippen molar-refractivity contribution in [1.29, 1.82) is 0 Å². The molecule has 0 atom stereocenters. The van der Waals surface area contributed by atoms with Crippen LogP contribution in [0.5, 0.6) is 0 Å². The Morgan fingerprint density at radius 2 is 2.00 bits per heavy atom. The number of amides is 1. The van der Waals surface area contributed by atoms with Crippen molar-refractivity contribution in [1.82, 2.24) is 5.32 Å². The van der Waals surface area contributed by atoms with Gasteiger partial charge in [-0.2, -0.15) is 0 Å². The lowest BCUT2D eigenvalue weighted by molar-refractivity contribution is -0.115.